The lowest BCUT2D eigenvalue weighted by Gasteiger charge is -2.38. The molecule has 3 aromatic carbocycles. The van der Waals surface area contributed by atoms with Crippen LogP contribution in [0.5, 0.6) is 17.2 Å². The monoisotopic (exact) mass is 478 g/mol. The highest BCUT2D eigenvalue weighted by atomic mass is 79.9. The van der Waals surface area contributed by atoms with Crippen LogP contribution in [0.25, 0.3) is 0 Å². The minimum Gasteiger partial charge on any atom is -0.497 e. The highest BCUT2D eigenvalue weighted by Gasteiger charge is 2.41. The maximum absolute atomic E-state index is 6.43. The number of methoxy groups -OCH3 is 1. The van der Waals surface area contributed by atoms with E-state index in [0.717, 1.165) is 50.5 Å². The van der Waals surface area contributed by atoms with Gasteiger partial charge in [-0.15, -0.1) is 0 Å². The number of nitrogens with zero attached hydrogens (tertiary/aromatic N) is 2. The molecule has 0 spiro atoms. The molecule has 0 fully saturated rings. The van der Waals surface area contributed by atoms with Crippen LogP contribution in [0.3, 0.4) is 0 Å². The summed E-state index contributed by atoms with van der Waals surface area (Å²) < 4.78 is 18.4. The van der Waals surface area contributed by atoms with Crippen LogP contribution in [-0.2, 0) is 0 Å². The molecule has 5 nitrogen and oxygen atoms in total. The predicted molar refractivity (Wildman–Crippen MR) is 124 cm³/mol. The molecule has 158 valence electrons. The fourth-order valence-corrected chi connectivity index (χ4v) is 4.51. The van der Waals surface area contributed by atoms with Crippen molar-refractivity contribution in [1.29, 1.82) is 0 Å². The molecule has 2 heterocycles. The molecule has 2 aliphatic rings. The van der Waals surface area contributed by atoms with Crippen molar-refractivity contribution in [2.45, 2.75) is 25.6 Å². The number of ether oxygens (including phenoxy) is 3. The molecular weight excluding hydrogens is 456 g/mol. The Morgan fingerprint density at radius 3 is 2.48 bits per heavy atom. The average molecular weight is 479 g/mol. The van der Waals surface area contributed by atoms with Crippen LogP contribution in [-0.4, -0.2) is 24.4 Å². The fourth-order valence-electron chi connectivity index (χ4n) is 4.13. The maximum atomic E-state index is 6.43. The molecule has 0 amide bonds. The SMILES string of the molecule is CCOc1ccc(C2=NN3[C@@H](C2)c2cc(Br)ccc2O[C@H]3c2ccc(OC)cc2)cc1. The number of hydrazone groups is 1. The lowest BCUT2D eigenvalue weighted by molar-refractivity contribution is -0.0191. The van der Waals surface area contributed by atoms with E-state index in [2.05, 4.69) is 39.1 Å². The van der Waals surface area contributed by atoms with Gasteiger partial charge < -0.3 is 14.2 Å². The molecule has 3 aromatic rings. The Morgan fingerprint density at radius 1 is 1.03 bits per heavy atom. The zero-order chi connectivity index (χ0) is 21.4. The number of rotatable bonds is 5. The molecule has 0 aliphatic carbocycles. The van der Waals surface area contributed by atoms with Crippen LogP contribution < -0.4 is 14.2 Å². The summed E-state index contributed by atoms with van der Waals surface area (Å²) >= 11 is 3.61. The molecule has 0 aromatic heterocycles. The summed E-state index contributed by atoms with van der Waals surface area (Å²) in [6, 6.07) is 22.4. The first-order valence-electron chi connectivity index (χ1n) is 10.4. The van der Waals surface area contributed by atoms with E-state index in [1.165, 1.54) is 0 Å². The van der Waals surface area contributed by atoms with Gasteiger partial charge in [-0.2, -0.15) is 5.10 Å². The van der Waals surface area contributed by atoms with Gasteiger partial charge in [0, 0.05) is 22.0 Å². The normalized spacial score (nSPS) is 19.2. The van der Waals surface area contributed by atoms with Gasteiger partial charge in [-0.3, -0.25) is 0 Å². The van der Waals surface area contributed by atoms with Crippen LogP contribution in [0, 0.1) is 0 Å². The highest BCUT2D eigenvalue weighted by Crippen LogP contribution is 2.48. The molecular formula is C25H23BrN2O3. The molecule has 0 radical (unpaired) electrons. The summed E-state index contributed by atoms with van der Waals surface area (Å²) in [5, 5.41) is 7.11. The van der Waals surface area contributed by atoms with E-state index < -0.39 is 0 Å². The number of fused-ring (bicyclic) bond motifs is 3. The zero-order valence-corrected chi connectivity index (χ0v) is 19.0. The van der Waals surface area contributed by atoms with Crippen molar-refractivity contribution in [3.8, 4) is 17.2 Å². The van der Waals surface area contributed by atoms with E-state index in [-0.39, 0.29) is 12.3 Å². The molecule has 0 saturated carbocycles. The van der Waals surface area contributed by atoms with Gasteiger partial charge in [0.2, 0.25) is 6.23 Å². The van der Waals surface area contributed by atoms with Crippen LogP contribution in [0.2, 0.25) is 0 Å². The van der Waals surface area contributed by atoms with E-state index in [9.17, 15) is 0 Å². The topological polar surface area (TPSA) is 43.3 Å². The third-order valence-corrected chi connectivity index (χ3v) is 6.14. The Labute approximate surface area is 190 Å². The summed E-state index contributed by atoms with van der Waals surface area (Å²) in [7, 11) is 1.67. The summed E-state index contributed by atoms with van der Waals surface area (Å²) in [6.45, 7) is 2.64. The van der Waals surface area contributed by atoms with Gasteiger partial charge in [-0.25, -0.2) is 5.01 Å². The standard InChI is InChI=1S/C25H23BrN2O3/c1-3-30-20-11-4-16(5-12-20)22-15-23-21-14-18(26)8-13-24(21)31-25(28(23)27-22)17-6-9-19(29-2)10-7-17/h4-14,23,25H,3,15H2,1-2H3/t23-,25-/m0/s1. The maximum Gasteiger partial charge on any atom is 0.213 e. The van der Waals surface area contributed by atoms with Crippen molar-refractivity contribution in [3.63, 3.8) is 0 Å². The number of benzene rings is 3. The third kappa shape index (κ3) is 3.76. The van der Waals surface area contributed by atoms with E-state index in [1.807, 2.05) is 55.5 Å². The summed E-state index contributed by atoms with van der Waals surface area (Å²) in [5.41, 5.74) is 4.32. The first-order chi connectivity index (χ1) is 15.2. The van der Waals surface area contributed by atoms with Crippen molar-refractivity contribution in [1.82, 2.24) is 5.01 Å². The van der Waals surface area contributed by atoms with Gasteiger partial charge in [-0.05, 0) is 79.2 Å². The molecule has 0 unspecified atom stereocenters. The molecule has 0 bridgehead atoms. The number of halogens is 1. The van der Waals surface area contributed by atoms with E-state index in [4.69, 9.17) is 19.3 Å². The van der Waals surface area contributed by atoms with Gasteiger partial charge in [0.25, 0.3) is 0 Å². The minimum atomic E-state index is -0.301. The van der Waals surface area contributed by atoms with Crippen molar-refractivity contribution >= 4 is 21.6 Å². The Bertz CT molecular complexity index is 1110. The fraction of sp³-hybridized carbons (Fsp3) is 0.240. The van der Waals surface area contributed by atoms with E-state index >= 15 is 0 Å². The first kappa shape index (κ1) is 19.9. The number of hydrogen-bond acceptors (Lipinski definition) is 5. The molecule has 0 saturated heterocycles. The second-order valence-corrected chi connectivity index (χ2v) is 8.45. The lowest BCUT2D eigenvalue weighted by Crippen LogP contribution is -2.33. The van der Waals surface area contributed by atoms with Crippen molar-refractivity contribution in [2.75, 3.05) is 13.7 Å². The Balaban J connectivity index is 1.53. The molecule has 2 atom stereocenters. The molecule has 6 heteroatoms. The first-order valence-corrected chi connectivity index (χ1v) is 11.1. The van der Waals surface area contributed by atoms with Gasteiger partial charge >= 0.3 is 0 Å². The molecule has 0 N–H and O–H groups in total. The van der Waals surface area contributed by atoms with Crippen molar-refractivity contribution in [2.24, 2.45) is 5.10 Å². The Kier molecular flexibility index (Phi) is 5.32. The Morgan fingerprint density at radius 2 is 1.77 bits per heavy atom. The van der Waals surface area contributed by atoms with Gasteiger partial charge in [0.1, 0.15) is 17.2 Å². The Hall–Kier alpha value is -2.99. The van der Waals surface area contributed by atoms with Crippen molar-refractivity contribution in [3.05, 3.63) is 87.9 Å². The van der Waals surface area contributed by atoms with Gasteiger partial charge in [-0.1, -0.05) is 15.9 Å². The van der Waals surface area contributed by atoms with Crippen LogP contribution in [0.15, 0.2) is 76.3 Å². The quantitative estimate of drug-likeness (QED) is 0.444. The molecule has 5 rings (SSSR count). The summed E-state index contributed by atoms with van der Waals surface area (Å²) in [6.07, 6.45) is 0.512. The van der Waals surface area contributed by atoms with E-state index in [1.54, 1.807) is 7.11 Å². The summed E-state index contributed by atoms with van der Waals surface area (Å²) in [5.74, 6) is 2.59. The van der Waals surface area contributed by atoms with Gasteiger partial charge in [0.15, 0.2) is 0 Å². The van der Waals surface area contributed by atoms with Gasteiger partial charge in [0.05, 0.1) is 25.5 Å². The third-order valence-electron chi connectivity index (χ3n) is 5.65. The van der Waals surface area contributed by atoms with Crippen LogP contribution in [0.4, 0.5) is 0 Å². The predicted octanol–water partition coefficient (Wildman–Crippen LogP) is 6.10. The zero-order valence-electron chi connectivity index (χ0n) is 17.4. The minimum absolute atomic E-state index is 0.106. The number of hydrogen-bond donors (Lipinski definition) is 0. The van der Waals surface area contributed by atoms with Crippen LogP contribution >= 0.6 is 15.9 Å². The largest absolute Gasteiger partial charge is 0.497 e. The second-order valence-electron chi connectivity index (χ2n) is 7.53. The highest BCUT2D eigenvalue weighted by molar-refractivity contribution is 9.10. The van der Waals surface area contributed by atoms with Crippen LogP contribution in [0.1, 0.15) is 42.3 Å². The van der Waals surface area contributed by atoms with E-state index in [0.29, 0.717) is 6.61 Å². The second kappa shape index (κ2) is 8.27. The van der Waals surface area contributed by atoms with Crippen molar-refractivity contribution < 1.29 is 14.2 Å². The molecule has 2 aliphatic heterocycles. The molecule has 31 heavy (non-hydrogen) atoms. The lowest BCUT2D eigenvalue weighted by atomic mass is 9.96. The average Bonchev–Trinajstić information content (AvgIpc) is 3.25. The smallest absolute Gasteiger partial charge is 0.213 e. The summed E-state index contributed by atoms with van der Waals surface area (Å²) in [4.78, 5) is 0.